The van der Waals surface area contributed by atoms with Gasteiger partial charge >= 0.3 is 6.09 Å². The molecule has 0 atom stereocenters. The van der Waals surface area contributed by atoms with Gasteiger partial charge in [0.2, 0.25) is 5.91 Å². The molecule has 0 fully saturated rings. The van der Waals surface area contributed by atoms with Gasteiger partial charge in [-0.25, -0.2) is 4.79 Å². The molecule has 138 valence electrons. The lowest BCUT2D eigenvalue weighted by molar-refractivity contribution is -0.124. The second kappa shape index (κ2) is 10.4. The number of hydrogen-bond acceptors (Lipinski definition) is 4. The van der Waals surface area contributed by atoms with Crippen molar-refractivity contribution in [1.82, 2.24) is 5.32 Å². The standard InChI is InChI=1S/C21H20N2O4/c1-16(24)14-20(25)23-19-11-9-17(10-12-19)8-5-13-22-21(26)27-15-18-6-3-2-4-7-18/h2-4,6-7,9-12H,13-15H2,1H3,(H,22,26)(H,23,25). The smallest absolute Gasteiger partial charge is 0.408 e. The van der Waals surface area contributed by atoms with Crippen molar-refractivity contribution in [3.63, 3.8) is 0 Å². The van der Waals surface area contributed by atoms with E-state index in [0.717, 1.165) is 11.1 Å². The number of nitrogens with one attached hydrogen (secondary N) is 2. The largest absolute Gasteiger partial charge is 0.445 e. The molecule has 0 bridgehead atoms. The third-order valence-corrected chi connectivity index (χ3v) is 3.34. The Bertz CT molecular complexity index is 849. The fourth-order valence-corrected chi connectivity index (χ4v) is 2.10. The normalized spacial score (nSPS) is 9.52. The second-order valence-electron chi connectivity index (χ2n) is 5.72. The molecule has 0 radical (unpaired) electrons. The van der Waals surface area contributed by atoms with Gasteiger partial charge in [-0.1, -0.05) is 42.2 Å². The van der Waals surface area contributed by atoms with Crippen molar-refractivity contribution >= 4 is 23.5 Å². The van der Waals surface area contributed by atoms with E-state index in [0.29, 0.717) is 5.69 Å². The Kier molecular flexibility index (Phi) is 7.61. The molecule has 0 saturated carbocycles. The second-order valence-corrected chi connectivity index (χ2v) is 5.72. The molecular formula is C21H20N2O4. The Hall–Kier alpha value is -3.59. The maximum Gasteiger partial charge on any atom is 0.408 e. The summed E-state index contributed by atoms with van der Waals surface area (Å²) >= 11 is 0. The fourth-order valence-electron chi connectivity index (χ4n) is 2.10. The zero-order chi connectivity index (χ0) is 19.5. The van der Waals surface area contributed by atoms with Crippen LogP contribution in [-0.2, 0) is 20.9 Å². The molecule has 2 aromatic rings. The van der Waals surface area contributed by atoms with Gasteiger partial charge in [-0.05, 0) is 36.8 Å². The zero-order valence-corrected chi connectivity index (χ0v) is 15.0. The molecule has 0 aliphatic carbocycles. The summed E-state index contributed by atoms with van der Waals surface area (Å²) in [5.41, 5.74) is 2.24. The summed E-state index contributed by atoms with van der Waals surface area (Å²) in [6.45, 7) is 1.73. The van der Waals surface area contributed by atoms with Crippen molar-refractivity contribution in [1.29, 1.82) is 0 Å². The number of ether oxygens (including phenoxy) is 1. The van der Waals surface area contributed by atoms with E-state index in [1.54, 1.807) is 24.3 Å². The first-order valence-electron chi connectivity index (χ1n) is 8.35. The molecular weight excluding hydrogens is 344 g/mol. The number of alkyl carbamates (subject to hydrolysis) is 1. The molecule has 27 heavy (non-hydrogen) atoms. The van der Waals surface area contributed by atoms with Gasteiger partial charge in [-0.3, -0.25) is 9.59 Å². The van der Waals surface area contributed by atoms with E-state index in [1.165, 1.54) is 6.92 Å². The molecule has 6 heteroatoms. The van der Waals surface area contributed by atoms with E-state index in [-0.39, 0.29) is 31.3 Å². The summed E-state index contributed by atoms with van der Waals surface area (Å²) in [6.07, 6.45) is -0.676. The molecule has 2 rings (SSSR count). The molecule has 0 heterocycles. The highest BCUT2D eigenvalue weighted by Crippen LogP contribution is 2.09. The van der Waals surface area contributed by atoms with Crippen molar-refractivity contribution in [2.24, 2.45) is 0 Å². The number of amides is 2. The highest BCUT2D eigenvalue weighted by atomic mass is 16.5. The topological polar surface area (TPSA) is 84.5 Å². The number of ketones is 1. The van der Waals surface area contributed by atoms with Crippen LogP contribution in [0.2, 0.25) is 0 Å². The minimum absolute atomic E-state index is 0.145. The average molecular weight is 364 g/mol. The minimum atomic E-state index is -0.531. The Labute approximate surface area is 157 Å². The summed E-state index contributed by atoms with van der Waals surface area (Å²) in [6, 6.07) is 16.3. The number of rotatable bonds is 6. The summed E-state index contributed by atoms with van der Waals surface area (Å²) in [4.78, 5) is 34.0. The van der Waals surface area contributed by atoms with Crippen LogP contribution in [-0.4, -0.2) is 24.3 Å². The van der Waals surface area contributed by atoms with Crippen LogP contribution in [0.15, 0.2) is 54.6 Å². The van der Waals surface area contributed by atoms with Gasteiger partial charge in [0, 0.05) is 11.3 Å². The quantitative estimate of drug-likeness (QED) is 0.610. The van der Waals surface area contributed by atoms with Crippen molar-refractivity contribution in [3.05, 3.63) is 65.7 Å². The third kappa shape index (κ3) is 7.88. The molecule has 2 N–H and O–H groups in total. The van der Waals surface area contributed by atoms with Gasteiger partial charge in [0.1, 0.15) is 12.4 Å². The van der Waals surface area contributed by atoms with Gasteiger partial charge in [0.25, 0.3) is 0 Å². The highest BCUT2D eigenvalue weighted by Gasteiger charge is 2.05. The first-order valence-corrected chi connectivity index (χ1v) is 8.35. The number of hydrogen-bond donors (Lipinski definition) is 2. The van der Waals surface area contributed by atoms with E-state index < -0.39 is 6.09 Å². The monoisotopic (exact) mass is 364 g/mol. The summed E-state index contributed by atoms with van der Waals surface area (Å²) in [5, 5.41) is 5.18. The molecule has 2 amide bonds. The SMILES string of the molecule is CC(=O)CC(=O)Nc1ccc(C#CCNC(=O)OCc2ccccc2)cc1. The van der Waals surface area contributed by atoms with E-state index in [9.17, 15) is 14.4 Å². The maximum atomic E-state index is 11.6. The Balaban J connectivity index is 1.73. The van der Waals surface area contributed by atoms with Gasteiger partial charge < -0.3 is 15.4 Å². The van der Waals surface area contributed by atoms with E-state index in [4.69, 9.17) is 4.74 Å². The lowest BCUT2D eigenvalue weighted by Crippen LogP contribution is -2.24. The first-order chi connectivity index (χ1) is 13.0. The summed E-state index contributed by atoms with van der Waals surface area (Å²) in [7, 11) is 0. The van der Waals surface area contributed by atoms with E-state index in [2.05, 4.69) is 22.5 Å². The van der Waals surface area contributed by atoms with Crippen molar-refractivity contribution in [2.75, 3.05) is 11.9 Å². The van der Waals surface area contributed by atoms with Crippen LogP contribution in [0, 0.1) is 11.8 Å². The van der Waals surface area contributed by atoms with Crippen LogP contribution in [0.1, 0.15) is 24.5 Å². The lowest BCUT2D eigenvalue weighted by atomic mass is 10.2. The van der Waals surface area contributed by atoms with Gasteiger partial charge in [0.05, 0.1) is 13.0 Å². The lowest BCUT2D eigenvalue weighted by Gasteiger charge is -2.04. The molecule has 0 unspecified atom stereocenters. The molecule has 0 saturated heterocycles. The molecule has 0 aromatic heterocycles. The number of anilines is 1. The third-order valence-electron chi connectivity index (χ3n) is 3.34. The average Bonchev–Trinajstić information content (AvgIpc) is 2.65. The fraction of sp³-hybridized carbons (Fsp3) is 0.190. The Morgan fingerprint density at radius 2 is 1.70 bits per heavy atom. The summed E-state index contributed by atoms with van der Waals surface area (Å²) in [5.74, 6) is 5.18. The Morgan fingerprint density at radius 3 is 2.37 bits per heavy atom. The van der Waals surface area contributed by atoms with Crippen LogP contribution in [0.4, 0.5) is 10.5 Å². The van der Waals surface area contributed by atoms with Crippen LogP contribution in [0.3, 0.4) is 0 Å². The highest BCUT2D eigenvalue weighted by molar-refractivity contribution is 6.03. The summed E-state index contributed by atoms with van der Waals surface area (Å²) < 4.78 is 5.08. The predicted octanol–water partition coefficient (Wildman–Crippen LogP) is 2.88. The Morgan fingerprint density at radius 1 is 1.00 bits per heavy atom. The number of Topliss-reactive ketones (excluding diaryl/α,β-unsaturated/α-hetero) is 1. The van der Waals surface area contributed by atoms with Crippen LogP contribution in [0.25, 0.3) is 0 Å². The van der Waals surface area contributed by atoms with Crippen LogP contribution >= 0.6 is 0 Å². The number of benzene rings is 2. The number of carbonyl (C=O) groups excluding carboxylic acids is 3. The van der Waals surface area contributed by atoms with Gasteiger partial charge in [0.15, 0.2) is 0 Å². The van der Waals surface area contributed by atoms with Crippen molar-refractivity contribution in [3.8, 4) is 11.8 Å². The van der Waals surface area contributed by atoms with Crippen molar-refractivity contribution in [2.45, 2.75) is 20.0 Å². The van der Waals surface area contributed by atoms with Crippen LogP contribution < -0.4 is 10.6 Å². The maximum absolute atomic E-state index is 11.6. The molecule has 0 spiro atoms. The molecule has 6 nitrogen and oxygen atoms in total. The minimum Gasteiger partial charge on any atom is -0.445 e. The van der Waals surface area contributed by atoms with Crippen LogP contribution in [0.5, 0.6) is 0 Å². The predicted molar refractivity (Wildman–Crippen MR) is 102 cm³/mol. The number of carbonyl (C=O) groups is 3. The van der Waals surface area contributed by atoms with Gasteiger partial charge in [-0.15, -0.1) is 0 Å². The molecule has 2 aromatic carbocycles. The zero-order valence-electron chi connectivity index (χ0n) is 15.0. The van der Waals surface area contributed by atoms with E-state index >= 15 is 0 Å². The van der Waals surface area contributed by atoms with E-state index in [1.807, 2.05) is 30.3 Å². The molecule has 0 aliphatic rings. The van der Waals surface area contributed by atoms with Crippen molar-refractivity contribution < 1.29 is 19.1 Å². The van der Waals surface area contributed by atoms with Gasteiger partial charge in [-0.2, -0.15) is 0 Å². The first kappa shape index (κ1) is 19.7. The molecule has 0 aliphatic heterocycles.